The van der Waals surface area contributed by atoms with Gasteiger partial charge in [0.1, 0.15) is 11.5 Å². The Bertz CT molecular complexity index is 1410. The molecule has 33 heavy (non-hydrogen) atoms. The first kappa shape index (κ1) is 20.6. The summed E-state index contributed by atoms with van der Waals surface area (Å²) in [6.07, 6.45) is 0.704. The Morgan fingerprint density at radius 3 is 2.30 bits per heavy atom. The van der Waals surface area contributed by atoms with Crippen LogP contribution in [0.3, 0.4) is 0 Å². The third-order valence-corrected chi connectivity index (χ3v) is 5.42. The molecule has 2 heterocycles. The highest BCUT2D eigenvalue weighted by atomic mass is 19.1. The predicted octanol–water partition coefficient (Wildman–Crippen LogP) is 5.17. The van der Waals surface area contributed by atoms with Gasteiger partial charge in [-0.15, -0.1) is 0 Å². The van der Waals surface area contributed by atoms with Gasteiger partial charge in [-0.05, 0) is 30.2 Å². The molecular weight excluding hydrogens is 415 g/mol. The second kappa shape index (κ2) is 9.04. The van der Waals surface area contributed by atoms with Crippen molar-refractivity contribution in [2.24, 2.45) is 0 Å². The van der Waals surface area contributed by atoms with Crippen molar-refractivity contribution in [3.63, 3.8) is 0 Å². The van der Waals surface area contributed by atoms with Gasteiger partial charge in [0.25, 0.3) is 5.91 Å². The molecule has 5 aromatic rings. The number of carbonyl (C=O) groups excluding carboxylic acids is 1. The summed E-state index contributed by atoms with van der Waals surface area (Å²) in [6, 6.07) is 29.4. The van der Waals surface area contributed by atoms with Gasteiger partial charge in [0.2, 0.25) is 0 Å². The molecule has 2 aromatic heterocycles. The van der Waals surface area contributed by atoms with E-state index in [9.17, 15) is 9.18 Å². The molecule has 162 valence electrons. The molecule has 0 fully saturated rings. The van der Waals surface area contributed by atoms with Crippen LogP contribution in [0.5, 0.6) is 0 Å². The summed E-state index contributed by atoms with van der Waals surface area (Å²) >= 11 is 0. The molecule has 0 spiro atoms. The monoisotopic (exact) mass is 436 g/mol. The molecule has 0 saturated heterocycles. The summed E-state index contributed by atoms with van der Waals surface area (Å²) in [6.45, 7) is 0.467. The number of halogens is 1. The van der Waals surface area contributed by atoms with Gasteiger partial charge in [-0.25, -0.2) is 13.9 Å². The summed E-state index contributed by atoms with van der Waals surface area (Å²) in [5, 5.41) is 7.59. The average molecular weight is 436 g/mol. The van der Waals surface area contributed by atoms with Crippen molar-refractivity contribution in [2.45, 2.75) is 6.42 Å². The lowest BCUT2D eigenvalue weighted by Gasteiger charge is -2.10. The van der Waals surface area contributed by atoms with Crippen molar-refractivity contribution >= 4 is 11.6 Å². The molecule has 5 nitrogen and oxygen atoms in total. The highest BCUT2D eigenvalue weighted by molar-refractivity contribution is 5.94. The van der Waals surface area contributed by atoms with E-state index in [2.05, 4.69) is 15.4 Å². The normalized spacial score (nSPS) is 10.9. The zero-order valence-electron chi connectivity index (χ0n) is 17.8. The number of hydrogen-bond donors (Lipinski definition) is 1. The van der Waals surface area contributed by atoms with Crippen LogP contribution in [0.25, 0.3) is 28.2 Å². The first-order valence-electron chi connectivity index (χ1n) is 10.7. The Morgan fingerprint density at radius 1 is 0.848 bits per heavy atom. The predicted molar refractivity (Wildman–Crippen MR) is 126 cm³/mol. The van der Waals surface area contributed by atoms with Crippen LogP contribution in [0.4, 0.5) is 4.39 Å². The van der Waals surface area contributed by atoms with Crippen LogP contribution in [0.15, 0.2) is 97.1 Å². The van der Waals surface area contributed by atoms with Crippen LogP contribution < -0.4 is 5.32 Å². The largest absolute Gasteiger partial charge is 0.350 e. The Morgan fingerprint density at radius 2 is 1.55 bits per heavy atom. The number of rotatable bonds is 6. The molecule has 3 aromatic carbocycles. The standard InChI is InChI=1S/C27H21FN4O/c28-22-14-8-7-13-21(22)24-17-25(27(33)29-16-15-19-9-3-1-4-10-19)32-26(30-24)18-23(31-32)20-11-5-2-6-12-20/h1-14,17-18H,15-16H2,(H,29,33). The van der Waals surface area contributed by atoms with Crippen molar-refractivity contribution < 1.29 is 9.18 Å². The van der Waals surface area contributed by atoms with Crippen molar-refractivity contribution in [1.29, 1.82) is 0 Å². The SMILES string of the molecule is O=C(NCCc1ccccc1)c1cc(-c2ccccc2F)nc2cc(-c3ccccc3)nn12. The highest BCUT2D eigenvalue weighted by Gasteiger charge is 2.18. The van der Waals surface area contributed by atoms with Gasteiger partial charge in [-0.2, -0.15) is 5.10 Å². The van der Waals surface area contributed by atoms with E-state index in [1.165, 1.54) is 10.6 Å². The highest BCUT2D eigenvalue weighted by Crippen LogP contribution is 2.25. The Balaban J connectivity index is 1.53. The molecule has 1 N–H and O–H groups in total. The Labute approximate surface area is 190 Å². The number of hydrogen-bond acceptors (Lipinski definition) is 3. The molecule has 0 saturated carbocycles. The minimum absolute atomic E-state index is 0.293. The van der Waals surface area contributed by atoms with Crippen LogP contribution >= 0.6 is 0 Å². The number of nitrogens with one attached hydrogen (secondary N) is 1. The fraction of sp³-hybridized carbons (Fsp3) is 0.0741. The molecule has 0 unspecified atom stereocenters. The molecule has 0 bridgehead atoms. The lowest BCUT2D eigenvalue weighted by Crippen LogP contribution is -2.28. The Kier molecular flexibility index (Phi) is 5.64. The van der Waals surface area contributed by atoms with Crippen molar-refractivity contribution in [3.05, 3.63) is 114 Å². The summed E-state index contributed by atoms with van der Waals surface area (Å²) < 4.78 is 16.0. The maximum absolute atomic E-state index is 14.5. The summed E-state index contributed by atoms with van der Waals surface area (Å²) in [7, 11) is 0. The van der Waals surface area contributed by atoms with Crippen molar-refractivity contribution in [2.75, 3.05) is 6.54 Å². The minimum atomic E-state index is -0.396. The van der Waals surface area contributed by atoms with E-state index in [0.29, 0.717) is 41.3 Å². The average Bonchev–Trinajstić information content (AvgIpc) is 3.29. The number of benzene rings is 3. The molecule has 5 rings (SSSR count). The van der Waals surface area contributed by atoms with Crippen LogP contribution in [0, 0.1) is 5.82 Å². The minimum Gasteiger partial charge on any atom is -0.350 e. The third-order valence-electron chi connectivity index (χ3n) is 5.42. The Hall–Kier alpha value is -4.32. The van der Waals surface area contributed by atoms with Crippen LogP contribution in [0.1, 0.15) is 16.1 Å². The third kappa shape index (κ3) is 4.36. The molecule has 6 heteroatoms. The fourth-order valence-electron chi connectivity index (χ4n) is 3.75. The van der Waals surface area contributed by atoms with Crippen LogP contribution in [0.2, 0.25) is 0 Å². The lowest BCUT2D eigenvalue weighted by molar-refractivity contribution is 0.0946. The zero-order chi connectivity index (χ0) is 22.6. The quantitative estimate of drug-likeness (QED) is 0.399. The molecular formula is C27H21FN4O. The maximum atomic E-state index is 14.5. The maximum Gasteiger partial charge on any atom is 0.270 e. The molecule has 1 amide bonds. The topological polar surface area (TPSA) is 59.3 Å². The van der Waals surface area contributed by atoms with Gasteiger partial charge in [0, 0.05) is 23.7 Å². The molecule has 0 radical (unpaired) electrons. The molecule has 0 atom stereocenters. The van der Waals surface area contributed by atoms with Gasteiger partial charge < -0.3 is 5.32 Å². The van der Waals surface area contributed by atoms with E-state index in [-0.39, 0.29) is 5.91 Å². The van der Waals surface area contributed by atoms with Gasteiger partial charge in [-0.1, -0.05) is 72.8 Å². The number of carbonyl (C=O) groups is 1. The van der Waals surface area contributed by atoms with Crippen molar-refractivity contribution in [3.8, 4) is 22.5 Å². The van der Waals surface area contributed by atoms with E-state index < -0.39 is 5.82 Å². The number of nitrogens with zero attached hydrogens (tertiary/aromatic N) is 3. The number of aromatic nitrogens is 3. The van der Waals surface area contributed by atoms with E-state index >= 15 is 0 Å². The summed E-state index contributed by atoms with van der Waals surface area (Å²) in [4.78, 5) is 17.8. The fourth-order valence-corrected chi connectivity index (χ4v) is 3.75. The summed E-state index contributed by atoms with van der Waals surface area (Å²) in [5.74, 6) is -0.689. The van der Waals surface area contributed by atoms with Crippen LogP contribution in [-0.4, -0.2) is 27.0 Å². The van der Waals surface area contributed by atoms with E-state index in [1.807, 2.05) is 60.7 Å². The van der Waals surface area contributed by atoms with Crippen LogP contribution in [-0.2, 0) is 6.42 Å². The number of fused-ring (bicyclic) bond motifs is 1. The zero-order valence-corrected chi connectivity index (χ0v) is 17.8. The van der Waals surface area contributed by atoms with Gasteiger partial charge in [-0.3, -0.25) is 4.79 Å². The van der Waals surface area contributed by atoms with Crippen molar-refractivity contribution in [1.82, 2.24) is 19.9 Å². The second-order valence-corrected chi connectivity index (χ2v) is 7.66. The van der Waals surface area contributed by atoms with Gasteiger partial charge >= 0.3 is 0 Å². The smallest absolute Gasteiger partial charge is 0.270 e. The number of amides is 1. The van der Waals surface area contributed by atoms with Gasteiger partial charge in [0.15, 0.2) is 5.65 Å². The first-order valence-corrected chi connectivity index (χ1v) is 10.7. The van der Waals surface area contributed by atoms with E-state index in [1.54, 1.807) is 30.3 Å². The summed E-state index contributed by atoms with van der Waals surface area (Å²) in [5.41, 5.74) is 4.22. The first-order chi connectivity index (χ1) is 16.2. The van der Waals surface area contributed by atoms with Gasteiger partial charge in [0.05, 0.1) is 11.4 Å². The molecule has 0 aliphatic heterocycles. The van der Waals surface area contributed by atoms with E-state index in [4.69, 9.17) is 0 Å². The molecule has 0 aliphatic rings. The lowest BCUT2D eigenvalue weighted by atomic mass is 10.1. The molecule has 0 aliphatic carbocycles. The second-order valence-electron chi connectivity index (χ2n) is 7.66. The van der Waals surface area contributed by atoms with E-state index in [0.717, 1.165) is 11.1 Å².